The van der Waals surface area contributed by atoms with E-state index in [0.717, 1.165) is 23.9 Å². The van der Waals surface area contributed by atoms with Crippen molar-refractivity contribution in [2.24, 2.45) is 5.92 Å². The first-order valence-corrected chi connectivity index (χ1v) is 6.57. The van der Waals surface area contributed by atoms with Crippen LogP contribution in [0.1, 0.15) is 46.0 Å². The topological polar surface area (TPSA) is 57.5 Å². The van der Waals surface area contributed by atoms with Crippen molar-refractivity contribution in [2.75, 3.05) is 0 Å². The zero-order valence-corrected chi connectivity index (χ0v) is 11.4. The second-order valence-corrected chi connectivity index (χ2v) is 5.73. The molecule has 0 heterocycles. The van der Waals surface area contributed by atoms with Gasteiger partial charge >= 0.3 is 0 Å². The average Bonchev–Trinajstić information content (AvgIpc) is 2.29. The third-order valence-corrected chi connectivity index (χ3v) is 3.78. The first kappa shape index (κ1) is 15.1. The van der Waals surface area contributed by atoms with E-state index in [2.05, 4.69) is 6.58 Å². The van der Waals surface area contributed by atoms with Gasteiger partial charge in [0.05, 0.1) is 11.7 Å². The lowest BCUT2D eigenvalue weighted by Gasteiger charge is -2.32. The van der Waals surface area contributed by atoms with Gasteiger partial charge in [-0.15, -0.1) is 0 Å². The zero-order valence-electron chi connectivity index (χ0n) is 11.4. The Balaban J connectivity index is 2.87. The summed E-state index contributed by atoms with van der Waals surface area (Å²) in [7, 11) is 0. The molecule has 1 rings (SSSR count). The van der Waals surface area contributed by atoms with Crippen LogP contribution < -0.4 is 0 Å². The van der Waals surface area contributed by atoms with Crippen molar-refractivity contribution < 1.29 is 15.0 Å². The molecule has 102 valence electrons. The minimum atomic E-state index is -0.853. The monoisotopic (exact) mass is 252 g/mol. The maximum absolute atomic E-state index is 10.9. The molecule has 2 N–H and O–H groups in total. The average molecular weight is 252 g/mol. The van der Waals surface area contributed by atoms with Crippen LogP contribution in [-0.2, 0) is 4.79 Å². The van der Waals surface area contributed by atoms with Crippen LogP contribution in [0.15, 0.2) is 23.8 Å². The number of carbonyl (C=O) groups is 1. The fourth-order valence-electron chi connectivity index (χ4n) is 2.36. The predicted molar refractivity (Wildman–Crippen MR) is 72.2 cm³/mol. The molecule has 0 fully saturated rings. The number of aliphatic hydroxyl groups is 2. The lowest BCUT2D eigenvalue weighted by Crippen LogP contribution is -2.34. The van der Waals surface area contributed by atoms with Gasteiger partial charge in [-0.3, -0.25) is 4.79 Å². The lowest BCUT2D eigenvalue weighted by molar-refractivity contribution is -0.105. The normalized spacial score (nSPS) is 27.6. The molecule has 1 aliphatic carbocycles. The molecule has 0 aliphatic heterocycles. The van der Waals surface area contributed by atoms with Crippen molar-refractivity contribution in [2.45, 2.75) is 57.7 Å². The van der Waals surface area contributed by atoms with Crippen LogP contribution in [0.2, 0.25) is 0 Å². The van der Waals surface area contributed by atoms with Crippen LogP contribution in [0.3, 0.4) is 0 Å². The molecule has 0 spiro atoms. The molecule has 3 nitrogen and oxygen atoms in total. The summed E-state index contributed by atoms with van der Waals surface area (Å²) in [6.07, 6.45) is 5.56. The molecular formula is C15H24O3. The summed E-state index contributed by atoms with van der Waals surface area (Å²) in [4.78, 5) is 10.9. The highest BCUT2D eigenvalue weighted by atomic mass is 16.3. The molecule has 0 saturated heterocycles. The molecule has 0 bridgehead atoms. The van der Waals surface area contributed by atoms with Crippen LogP contribution in [0.5, 0.6) is 0 Å². The van der Waals surface area contributed by atoms with Crippen molar-refractivity contribution in [1.29, 1.82) is 0 Å². The standard InChI is InChI=1S/C15H24O3/c1-11-5-4-6-12(10-16)7-8-13(9-14(11)17)15(2,3)18/h6,10,13-14,17-18H,1,4-5,7-9H2,2-3H3. The van der Waals surface area contributed by atoms with Crippen molar-refractivity contribution in [3.63, 3.8) is 0 Å². The van der Waals surface area contributed by atoms with Gasteiger partial charge in [-0.25, -0.2) is 0 Å². The second-order valence-electron chi connectivity index (χ2n) is 5.73. The van der Waals surface area contributed by atoms with Gasteiger partial charge in [-0.05, 0) is 63.0 Å². The Morgan fingerprint density at radius 3 is 2.67 bits per heavy atom. The fraction of sp³-hybridized carbons (Fsp3) is 0.667. The van der Waals surface area contributed by atoms with E-state index in [9.17, 15) is 15.0 Å². The van der Waals surface area contributed by atoms with Gasteiger partial charge < -0.3 is 10.2 Å². The highest BCUT2D eigenvalue weighted by molar-refractivity contribution is 5.72. The van der Waals surface area contributed by atoms with E-state index in [1.54, 1.807) is 13.8 Å². The van der Waals surface area contributed by atoms with E-state index >= 15 is 0 Å². The van der Waals surface area contributed by atoms with Gasteiger partial charge in [-0.2, -0.15) is 0 Å². The third-order valence-electron chi connectivity index (χ3n) is 3.78. The molecular weight excluding hydrogens is 228 g/mol. The summed E-state index contributed by atoms with van der Waals surface area (Å²) in [5, 5.41) is 20.2. The van der Waals surface area contributed by atoms with Crippen molar-refractivity contribution in [3.8, 4) is 0 Å². The van der Waals surface area contributed by atoms with Crippen LogP contribution >= 0.6 is 0 Å². The van der Waals surface area contributed by atoms with Gasteiger partial charge in [0.25, 0.3) is 0 Å². The Bertz CT molecular complexity index is 336. The smallest absolute Gasteiger partial charge is 0.145 e. The SMILES string of the molecule is C=C1CCC=C(C=O)CCC(C(C)(C)O)CC1O. The summed E-state index contributed by atoms with van der Waals surface area (Å²) in [6, 6.07) is 0. The van der Waals surface area contributed by atoms with Crippen LogP contribution in [0, 0.1) is 5.92 Å². The predicted octanol–water partition coefficient (Wildman–Crippen LogP) is 2.38. The van der Waals surface area contributed by atoms with E-state index in [4.69, 9.17) is 0 Å². The highest BCUT2D eigenvalue weighted by Gasteiger charge is 2.29. The molecule has 0 radical (unpaired) electrons. The second kappa shape index (κ2) is 6.30. The minimum absolute atomic E-state index is 0.0364. The van der Waals surface area contributed by atoms with Crippen molar-refractivity contribution >= 4 is 6.29 Å². The van der Waals surface area contributed by atoms with E-state index in [-0.39, 0.29) is 5.92 Å². The van der Waals surface area contributed by atoms with Gasteiger partial charge in [0.1, 0.15) is 6.29 Å². The lowest BCUT2D eigenvalue weighted by atomic mass is 9.80. The Labute approximate surface area is 109 Å². The van der Waals surface area contributed by atoms with Crippen LogP contribution in [0.4, 0.5) is 0 Å². The quantitative estimate of drug-likeness (QED) is 0.586. The Kier molecular flexibility index (Phi) is 5.29. The number of hydrogen-bond donors (Lipinski definition) is 2. The first-order valence-electron chi connectivity index (χ1n) is 6.57. The van der Waals surface area contributed by atoms with Gasteiger partial charge in [0, 0.05) is 0 Å². The van der Waals surface area contributed by atoms with E-state index in [1.807, 2.05) is 6.08 Å². The maximum Gasteiger partial charge on any atom is 0.145 e. The summed E-state index contributed by atoms with van der Waals surface area (Å²) < 4.78 is 0. The van der Waals surface area contributed by atoms with Gasteiger partial charge in [-0.1, -0.05) is 12.7 Å². The molecule has 3 heteroatoms. The molecule has 0 amide bonds. The van der Waals surface area contributed by atoms with Gasteiger partial charge in [0.15, 0.2) is 0 Å². The van der Waals surface area contributed by atoms with Crippen LogP contribution in [-0.4, -0.2) is 28.2 Å². The number of rotatable bonds is 2. The Hall–Kier alpha value is -0.930. The summed E-state index contributed by atoms with van der Waals surface area (Å²) in [5.41, 5.74) is 0.718. The van der Waals surface area contributed by atoms with Crippen molar-refractivity contribution in [3.05, 3.63) is 23.8 Å². The number of aldehydes is 1. The van der Waals surface area contributed by atoms with E-state index in [1.165, 1.54) is 0 Å². The molecule has 18 heavy (non-hydrogen) atoms. The first-order chi connectivity index (χ1) is 8.34. The summed E-state index contributed by atoms with van der Waals surface area (Å²) in [5.74, 6) is -0.0364. The third kappa shape index (κ3) is 4.39. The zero-order chi connectivity index (χ0) is 13.8. The summed E-state index contributed by atoms with van der Waals surface area (Å²) >= 11 is 0. The van der Waals surface area contributed by atoms with E-state index in [0.29, 0.717) is 25.7 Å². The number of allylic oxidation sites excluding steroid dienone is 2. The summed E-state index contributed by atoms with van der Waals surface area (Å²) in [6.45, 7) is 7.39. The van der Waals surface area contributed by atoms with Crippen molar-refractivity contribution in [1.82, 2.24) is 0 Å². The number of carbonyl (C=O) groups excluding carboxylic acids is 1. The largest absolute Gasteiger partial charge is 0.390 e. The van der Waals surface area contributed by atoms with E-state index < -0.39 is 11.7 Å². The van der Waals surface area contributed by atoms with Gasteiger partial charge in [0.2, 0.25) is 0 Å². The van der Waals surface area contributed by atoms with Crippen LogP contribution in [0.25, 0.3) is 0 Å². The fourth-order valence-corrected chi connectivity index (χ4v) is 2.36. The molecule has 1 aliphatic rings. The Morgan fingerprint density at radius 2 is 2.11 bits per heavy atom. The minimum Gasteiger partial charge on any atom is -0.390 e. The molecule has 0 aromatic heterocycles. The molecule has 0 aromatic carbocycles. The number of hydrogen-bond acceptors (Lipinski definition) is 3. The molecule has 0 aromatic rings. The highest BCUT2D eigenvalue weighted by Crippen LogP contribution is 2.31. The Morgan fingerprint density at radius 1 is 1.44 bits per heavy atom. The molecule has 2 unspecified atom stereocenters. The number of aliphatic hydroxyl groups excluding tert-OH is 1. The molecule has 2 atom stereocenters. The molecule has 0 saturated carbocycles. The maximum atomic E-state index is 10.9.